The summed E-state index contributed by atoms with van der Waals surface area (Å²) in [6, 6.07) is 4.96. The number of likely N-dealkylation sites (N-methyl/N-ethyl adjacent to an activating group) is 1. The molecule has 1 aromatic heterocycles. The van der Waals surface area contributed by atoms with Gasteiger partial charge >= 0.3 is 13.3 Å². The second-order valence-electron chi connectivity index (χ2n) is 8.70. The monoisotopic (exact) mass is 506 g/mol. The second-order valence-corrected chi connectivity index (χ2v) is 8.70. The summed E-state index contributed by atoms with van der Waals surface area (Å²) in [5, 5.41) is 35.6. The van der Waals surface area contributed by atoms with Crippen LogP contribution >= 0.6 is 0 Å². The number of ether oxygens (including phenoxy) is 3. The van der Waals surface area contributed by atoms with E-state index in [4.69, 9.17) is 18.9 Å². The van der Waals surface area contributed by atoms with Crippen LogP contribution in [0, 0.1) is 0 Å². The summed E-state index contributed by atoms with van der Waals surface area (Å²) in [4.78, 5) is 27.3. The summed E-state index contributed by atoms with van der Waals surface area (Å²) in [7, 11) is 2.48. The van der Waals surface area contributed by atoms with Gasteiger partial charge in [-0.25, -0.2) is 4.79 Å². The number of para-hydroxylation sites is 1. The fourth-order valence-electron chi connectivity index (χ4n) is 3.36. The molecule has 0 aliphatic carbocycles. The number of fused-ring (bicyclic) bond motifs is 1. The summed E-state index contributed by atoms with van der Waals surface area (Å²) in [6.45, 7) is 4.05. The van der Waals surface area contributed by atoms with E-state index >= 15 is 0 Å². The molecule has 0 spiro atoms. The summed E-state index contributed by atoms with van der Waals surface area (Å²) in [6.07, 6.45) is -2.65. The van der Waals surface area contributed by atoms with Crippen LogP contribution in [0.4, 0.5) is 4.79 Å². The number of aliphatic hydroxyl groups excluding tert-OH is 1. The Morgan fingerprint density at radius 3 is 2.86 bits per heavy atom. The second kappa shape index (κ2) is 12.6. The zero-order valence-corrected chi connectivity index (χ0v) is 20.7. The van der Waals surface area contributed by atoms with Crippen LogP contribution in [0.1, 0.15) is 37.1 Å². The van der Waals surface area contributed by atoms with Crippen LogP contribution in [0.5, 0.6) is 5.75 Å². The number of carbonyl (C=O) groups is 2. The first kappa shape index (κ1) is 27.3. The zero-order valence-electron chi connectivity index (χ0n) is 20.7. The molecule has 15 heteroatoms. The third kappa shape index (κ3) is 7.88. The molecule has 1 amide bonds. The Hall–Kier alpha value is -3.27. The van der Waals surface area contributed by atoms with E-state index in [2.05, 4.69) is 20.7 Å². The van der Waals surface area contributed by atoms with Crippen LogP contribution in [0.15, 0.2) is 18.2 Å². The summed E-state index contributed by atoms with van der Waals surface area (Å²) < 4.78 is 20.3. The number of rotatable bonds is 11. The molecule has 1 aliphatic heterocycles. The van der Waals surface area contributed by atoms with Gasteiger partial charge in [-0.3, -0.25) is 4.79 Å². The Morgan fingerprint density at radius 2 is 2.14 bits per heavy atom. The third-order valence-corrected chi connectivity index (χ3v) is 5.06. The van der Waals surface area contributed by atoms with E-state index < -0.39 is 38.2 Å². The molecule has 14 nitrogen and oxygen atoms in total. The van der Waals surface area contributed by atoms with E-state index in [1.807, 2.05) is 19.0 Å². The number of aliphatic hydroxyl groups is 1. The summed E-state index contributed by atoms with van der Waals surface area (Å²) in [5.74, 6) is -0.655. The summed E-state index contributed by atoms with van der Waals surface area (Å²) in [5.41, 5.74) is 0.870. The van der Waals surface area contributed by atoms with Gasteiger partial charge in [-0.1, -0.05) is 18.2 Å². The molecular weight excluding hydrogens is 475 g/mol. The number of nitrogens with one attached hydrogen (secondary N) is 1. The smallest absolute Gasteiger partial charge is 0.534 e. The fourth-order valence-corrected chi connectivity index (χ4v) is 3.36. The zero-order chi connectivity index (χ0) is 26.2. The predicted molar refractivity (Wildman–Crippen MR) is 124 cm³/mol. The van der Waals surface area contributed by atoms with Crippen molar-refractivity contribution in [3.63, 3.8) is 0 Å². The molecule has 3 N–H and O–H groups in total. The molecule has 0 fully saturated rings. The number of tetrazole rings is 1. The van der Waals surface area contributed by atoms with E-state index in [1.165, 1.54) is 4.80 Å². The van der Waals surface area contributed by atoms with E-state index in [-0.39, 0.29) is 36.1 Å². The average molecular weight is 506 g/mol. The third-order valence-electron chi connectivity index (χ3n) is 5.06. The average Bonchev–Trinajstić information content (AvgIpc) is 3.24. The molecule has 0 radical (unpaired) electrons. The molecule has 3 rings (SSSR count). The van der Waals surface area contributed by atoms with Crippen molar-refractivity contribution in [3.05, 3.63) is 35.2 Å². The van der Waals surface area contributed by atoms with E-state index in [0.717, 1.165) is 6.54 Å². The number of amides is 1. The minimum Gasteiger partial charge on any atom is -0.534 e. The highest BCUT2D eigenvalue weighted by atomic mass is 16.8. The van der Waals surface area contributed by atoms with Crippen LogP contribution < -0.4 is 9.97 Å². The summed E-state index contributed by atoms with van der Waals surface area (Å²) >= 11 is 0. The van der Waals surface area contributed by atoms with Crippen LogP contribution in [0.2, 0.25) is 0 Å². The molecule has 0 saturated heterocycles. The standard InChI is InChI=1S/C21H31BN6O8/c1-13(2)35-21(31)34-12-33-20(30)15-7-5-6-14-10-16(22(32)36-19(14)15)23-18(29)11-17-24-26-28(25-17)9-8-27(3)4/h5-7,13,16,20,30,32H,8-12H2,1-4H3,(H,23,29)/t16-,20?/m0/s1. The van der Waals surface area contributed by atoms with Crippen molar-refractivity contribution < 1.29 is 38.6 Å². The minimum absolute atomic E-state index is 0.107. The number of aromatic nitrogens is 4. The molecule has 2 aromatic rings. The quantitative estimate of drug-likeness (QED) is 0.202. The molecule has 1 aliphatic rings. The number of hydrogen-bond donors (Lipinski definition) is 3. The van der Waals surface area contributed by atoms with Gasteiger partial charge in [0.25, 0.3) is 0 Å². The Morgan fingerprint density at radius 1 is 1.36 bits per heavy atom. The van der Waals surface area contributed by atoms with Gasteiger partial charge in [-0.15, -0.1) is 10.2 Å². The van der Waals surface area contributed by atoms with Gasteiger partial charge in [0.2, 0.25) is 5.91 Å². The minimum atomic E-state index is -1.49. The highest BCUT2D eigenvalue weighted by molar-refractivity contribution is 6.46. The molecule has 1 aromatic carbocycles. The van der Waals surface area contributed by atoms with Gasteiger partial charge in [0.05, 0.1) is 25.0 Å². The number of nitrogens with zero attached hydrogens (tertiary/aromatic N) is 5. The van der Waals surface area contributed by atoms with E-state index in [0.29, 0.717) is 12.1 Å². The molecule has 1 unspecified atom stereocenters. The van der Waals surface area contributed by atoms with Crippen LogP contribution in [0.25, 0.3) is 0 Å². The first-order chi connectivity index (χ1) is 17.1. The SMILES string of the molecule is CC(C)OC(=O)OCOC(O)c1cccc2c1OB(O)[C@@H](NC(=O)Cc1nnn(CCN(C)C)n1)C2. The lowest BCUT2D eigenvalue weighted by Gasteiger charge is -2.30. The maximum Gasteiger partial charge on any atom is 0.547 e. The Bertz CT molecular complexity index is 1040. The molecule has 196 valence electrons. The van der Waals surface area contributed by atoms with Crippen molar-refractivity contribution in [1.29, 1.82) is 0 Å². The molecule has 0 bridgehead atoms. The van der Waals surface area contributed by atoms with Crippen molar-refractivity contribution in [3.8, 4) is 5.75 Å². The maximum absolute atomic E-state index is 12.5. The first-order valence-electron chi connectivity index (χ1n) is 11.4. The lowest BCUT2D eigenvalue weighted by atomic mass is 9.72. The Kier molecular flexibility index (Phi) is 9.58. The van der Waals surface area contributed by atoms with Gasteiger partial charge in [0, 0.05) is 12.1 Å². The predicted octanol–water partition coefficient (Wildman–Crippen LogP) is -0.557. The van der Waals surface area contributed by atoms with Crippen LogP contribution in [-0.2, 0) is 38.4 Å². The van der Waals surface area contributed by atoms with Gasteiger partial charge in [0.1, 0.15) is 5.75 Å². The van der Waals surface area contributed by atoms with Crippen LogP contribution in [-0.4, -0.2) is 93.9 Å². The van der Waals surface area contributed by atoms with Crippen molar-refractivity contribution in [2.45, 2.75) is 51.6 Å². The normalized spacial score (nSPS) is 15.9. The van der Waals surface area contributed by atoms with Gasteiger partial charge < -0.3 is 39.2 Å². The Balaban J connectivity index is 1.55. The van der Waals surface area contributed by atoms with Crippen LogP contribution in [0.3, 0.4) is 0 Å². The molecule has 0 saturated carbocycles. The number of carbonyl (C=O) groups excluding carboxylic acids is 2. The Labute approximate surface area is 208 Å². The van der Waals surface area contributed by atoms with Gasteiger partial charge in [-0.05, 0) is 45.1 Å². The topological polar surface area (TPSA) is 170 Å². The molecule has 2 atom stereocenters. The highest BCUT2D eigenvalue weighted by Crippen LogP contribution is 2.34. The highest BCUT2D eigenvalue weighted by Gasteiger charge is 2.38. The lowest BCUT2D eigenvalue weighted by molar-refractivity contribution is -0.163. The first-order valence-corrected chi connectivity index (χ1v) is 11.4. The number of hydrogen-bond acceptors (Lipinski definition) is 12. The molecular formula is C21H31BN6O8. The largest absolute Gasteiger partial charge is 0.547 e. The van der Waals surface area contributed by atoms with Crippen molar-refractivity contribution in [1.82, 2.24) is 30.4 Å². The van der Waals surface area contributed by atoms with E-state index in [9.17, 15) is 19.7 Å². The molecule has 2 heterocycles. The number of benzene rings is 1. The van der Waals surface area contributed by atoms with Crippen molar-refractivity contribution >= 4 is 19.2 Å². The van der Waals surface area contributed by atoms with Crippen molar-refractivity contribution in [2.24, 2.45) is 0 Å². The lowest BCUT2D eigenvalue weighted by Crippen LogP contribution is -2.53. The van der Waals surface area contributed by atoms with Crippen molar-refractivity contribution in [2.75, 3.05) is 27.4 Å². The fraction of sp³-hybridized carbons (Fsp3) is 0.571. The van der Waals surface area contributed by atoms with E-state index in [1.54, 1.807) is 32.0 Å². The maximum atomic E-state index is 12.5. The van der Waals surface area contributed by atoms with Gasteiger partial charge in [0.15, 0.2) is 18.9 Å². The molecule has 36 heavy (non-hydrogen) atoms. The van der Waals surface area contributed by atoms with Gasteiger partial charge in [-0.2, -0.15) is 4.80 Å².